The minimum Gasteiger partial charge on any atom is -0.487 e. The van der Waals surface area contributed by atoms with Crippen LogP contribution < -0.4 is 4.74 Å². The summed E-state index contributed by atoms with van der Waals surface area (Å²) >= 11 is 0. The summed E-state index contributed by atoms with van der Waals surface area (Å²) in [6.45, 7) is 2.27. The van der Waals surface area contributed by atoms with E-state index < -0.39 is 5.97 Å². The standard InChI is InChI=1S/C15H14FNO3/c1-2-19-15(18)11-6-7-13(17-9-11)10-20-14-5-3-4-12(16)8-14/h3-9H,2,10H2,1H3. The van der Waals surface area contributed by atoms with Gasteiger partial charge in [0.05, 0.1) is 17.9 Å². The second-order valence-electron chi connectivity index (χ2n) is 4.00. The molecule has 0 fully saturated rings. The smallest absolute Gasteiger partial charge is 0.339 e. The van der Waals surface area contributed by atoms with Crippen LogP contribution in [0.15, 0.2) is 42.6 Å². The fourth-order valence-electron chi connectivity index (χ4n) is 1.56. The Bertz CT molecular complexity index is 584. The third-order valence-corrected chi connectivity index (χ3v) is 2.52. The molecular weight excluding hydrogens is 261 g/mol. The van der Waals surface area contributed by atoms with Gasteiger partial charge in [0.1, 0.15) is 18.2 Å². The monoisotopic (exact) mass is 275 g/mol. The first-order chi connectivity index (χ1) is 9.69. The van der Waals surface area contributed by atoms with E-state index >= 15 is 0 Å². The molecule has 104 valence electrons. The van der Waals surface area contributed by atoms with E-state index in [4.69, 9.17) is 9.47 Å². The van der Waals surface area contributed by atoms with Gasteiger partial charge in [0.2, 0.25) is 0 Å². The van der Waals surface area contributed by atoms with E-state index in [1.807, 2.05) is 0 Å². The molecule has 1 aromatic carbocycles. The Labute approximate surface area is 116 Å². The lowest BCUT2D eigenvalue weighted by Gasteiger charge is -2.06. The van der Waals surface area contributed by atoms with Crippen LogP contribution in [-0.4, -0.2) is 17.6 Å². The molecule has 0 unspecified atom stereocenters. The predicted octanol–water partition coefficient (Wildman–Crippen LogP) is 2.98. The maximum absolute atomic E-state index is 13.0. The molecule has 1 aromatic heterocycles. The fourth-order valence-corrected chi connectivity index (χ4v) is 1.56. The molecular formula is C15H14FNO3. The molecule has 0 amide bonds. The van der Waals surface area contributed by atoms with E-state index in [2.05, 4.69) is 4.98 Å². The summed E-state index contributed by atoms with van der Waals surface area (Å²) in [7, 11) is 0. The van der Waals surface area contributed by atoms with Gasteiger partial charge >= 0.3 is 5.97 Å². The lowest BCUT2D eigenvalue weighted by Crippen LogP contribution is -2.06. The Balaban J connectivity index is 1.95. The van der Waals surface area contributed by atoms with Crippen molar-refractivity contribution >= 4 is 5.97 Å². The molecule has 0 saturated heterocycles. The maximum Gasteiger partial charge on any atom is 0.339 e. The van der Waals surface area contributed by atoms with Crippen molar-refractivity contribution in [1.29, 1.82) is 0 Å². The van der Waals surface area contributed by atoms with Crippen LogP contribution in [0.5, 0.6) is 5.75 Å². The lowest BCUT2D eigenvalue weighted by molar-refractivity contribution is 0.0526. The number of carbonyl (C=O) groups is 1. The third kappa shape index (κ3) is 3.78. The van der Waals surface area contributed by atoms with Gasteiger partial charge < -0.3 is 9.47 Å². The summed E-state index contributed by atoms with van der Waals surface area (Å²) in [5.74, 6) is -0.327. The van der Waals surface area contributed by atoms with Crippen molar-refractivity contribution in [2.45, 2.75) is 13.5 Å². The van der Waals surface area contributed by atoms with E-state index in [0.29, 0.717) is 23.6 Å². The maximum atomic E-state index is 13.0. The molecule has 0 N–H and O–H groups in total. The minimum absolute atomic E-state index is 0.201. The number of aromatic nitrogens is 1. The second kappa shape index (κ2) is 6.65. The number of ether oxygens (including phenoxy) is 2. The Kier molecular flexibility index (Phi) is 4.65. The molecule has 0 spiro atoms. The zero-order valence-electron chi connectivity index (χ0n) is 11.0. The lowest BCUT2D eigenvalue weighted by atomic mass is 10.2. The quantitative estimate of drug-likeness (QED) is 0.787. The van der Waals surface area contributed by atoms with Gasteiger partial charge in [0.25, 0.3) is 0 Å². The summed E-state index contributed by atoms with van der Waals surface area (Å²) in [4.78, 5) is 15.5. The second-order valence-corrected chi connectivity index (χ2v) is 4.00. The number of carbonyl (C=O) groups excluding carboxylic acids is 1. The molecule has 2 aromatic rings. The van der Waals surface area contributed by atoms with Crippen molar-refractivity contribution in [1.82, 2.24) is 4.98 Å². The summed E-state index contributed by atoms with van der Waals surface area (Å²) in [5.41, 5.74) is 1.03. The van der Waals surface area contributed by atoms with Gasteiger partial charge in [-0.25, -0.2) is 9.18 Å². The van der Waals surface area contributed by atoms with Crippen LogP contribution in [-0.2, 0) is 11.3 Å². The first kappa shape index (κ1) is 14.0. The van der Waals surface area contributed by atoms with Gasteiger partial charge in [-0.1, -0.05) is 6.07 Å². The molecule has 0 aliphatic rings. The van der Waals surface area contributed by atoms with Crippen molar-refractivity contribution in [2.75, 3.05) is 6.61 Å². The summed E-state index contributed by atoms with van der Waals surface area (Å²) in [6.07, 6.45) is 1.43. The topological polar surface area (TPSA) is 48.4 Å². The first-order valence-corrected chi connectivity index (χ1v) is 6.19. The molecule has 0 bridgehead atoms. The van der Waals surface area contributed by atoms with Crippen molar-refractivity contribution in [3.8, 4) is 5.75 Å². The Hall–Kier alpha value is -2.43. The van der Waals surface area contributed by atoms with Gasteiger partial charge in [0, 0.05) is 12.3 Å². The number of benzene rings is 1. The minimum atomic E-state index is -0.405. The highest BCUT2D eigenvalue weighted by molar-refractivity contribution is 5.88. The van der Waals surface area contributed by atoms with Gasteiger partial charge in [-0.05, 0) is 31.2 Å². The molecule has 0 atom stereocenters. The average molecular weight is 275 g/mol. The van der Waals surface area contributed by atoms with Crippen LogP contribution in [0.3, 0.4) is 0 Å². The highest BCUT2D eigenvalue weighted by Gasteiger charge is 2.06. The van der Waals surface area contributed by atoms with Crippen molar-refractivity contribution < 1.29 is 18.7 Å². The Morgan fingerprint density at radius 2 is 2.15 bits per heavy atom. The van der Waals surface area contributed by atoms with Crippen LogP contribution in [0.1, 0.15) is 23.0 Å². The highest BCUT2D eigenvalue weighted by atomic mass is 19.1. The zero-order valence-corrected chi connectivity index (χ0v) is 11.0. The molecule has 0 aliphatic carbocycles. The zero-order chi connectivity index (χ0) is 14.4. The van der Waals surface area contributed by atoms with E-state index in [-0.39, 0.29) is 12.4 Å². The molecule has 0 radical (unpaired) electrons. The number of rotatable bonds is 5. The third-order valence-electron chi connectivity index (χ3n) is 2.52. The predicted molar refractivity (Wildman–Crippen MR) is 70.9 cm³/mol. The largest absolute Gasteiger partial charge is 0.487 e. The number of hydrogen-bond donors (Lipinski definition) is 0. The van der Waals surface area contributed by atoms with E-state index in [1.165, 1.54) is 18.3 Å². The number of hydrogen-bond acceptors (Lipinski definition) is 4. The molecule has 4 nitrogen and oxygen atoms in total. The molecule has 1 heterocycles. The number of pyridine rings is 1. The number of halogens is 1. The first-order valence-electron chi connectivity index (χ1n) is 6.19. The van der Waals surface area contributed by atoms with Crippen molar-refractivity contribution in [3.63, 3.8) is 0 Å². The summed E-state index contributed by atoms with van der Waals surface area (Å²) in [6, 6.07) is 9.17. The van der Waals surface area contributed by atoms with E-state index in [9.17, 15) is 9.18 Å². The average Bonchev–Trinajstić information content (AvgIpc) is 2.46. The van der Waals surface area contributed by atoms with Gasteiger partial charge in [0.15, 0.2) is 0 Å². The Morgan fingerprint density at radius 1 is 1.30 bits per heavy atom. The van der Waals surface area contributed by atoms with Gasteiger partial charge in [-0.2, -0.15) is 0 Å². The van der Waals surface area contributed by atoms with Crippen LogP contribution in [0.2, 0.25) is 0 Å². The number of nitrogens with zero attached hydrogens (tertiary/aromatic N) is 1. The normalized spacial score (nSPS) is 10.1. The Morgan fingerprint density at radius 3 is 2.80 bits per heavy atom. The van der Waals surface area contributed by atoms with Gasteiger partial charge in [-0.3, -0.25) is 4.98 Å². The van der Waals surface area contributed by atoms with Crippen LogP contribution in [0, 0.1) is 5.82 Å². The SMILES string of the molecule is CCOC(=O)c1ccc(COc2cccc(F)c2)nc1. The van der Waals surface area contributed by atoms with Crippen LogP contribution >= 0.6 is 0 Å². The van der Waals surface area contributed by atoms with E-state index in [1.54, 1.807) is 31.2 Å². The molecule has 5 heteroatoms. The summed E-state index contributed by atoms with van der Waals surface area (Å²) in [5, 5.41) is 0. The molecule has 20 heavy (non-hydrogen) atoms. The molecule has 2 rings (SSSR count). The van der Waals surface area contributed by atoms with Crippen LogP contribution in [0.4, 0.5) is 4.39 Å². The molecule has 0 saturated carbocycles. The number of esters is 1. The highest BCUT2D eigenvalue weighted by Crippen LogP contribution is 2.13. The summed E-state index contributed by atoms with van der Waals surface area (Å²) < 4.78 is 23.2. The van der Waals surface area contributed by atoms with Crippen LogP contribution in [0.25, 0.3) is 0 Å². The molecule has 0 aliphatic heterocycles. The fraction of sp³-hybridized carbons (Fsp3) is 0.200. The van der Waals surface area contributed by atoms with Crippen molar-refractivity contribution in [3.05, 3.63) is 59.7 Å². The van der Waals surface area contributed by atoms with Gasteiger partial charge in [-0.15, -0.1) is 0 Å². The van der Waals surface area contributed by atoms with Crippen molar-refractivity contribution in [2.24, 2.45) is 0 Å². The van der Waals surface area contributed by atoms with E-state index in [0.717, 1.165) is 0 Å².